The maximum Gasteiger partial charge on any atom is 0.191 e. The average molecular weight is 318 g/mol. The van der Waals surface area contributed by atoms with Gasteiger partial charge in [-0.15, -0.1) is 0 Å². The Morgan fingerprint density at radius 2 is 1.86 bits per heavy atom. The van der Waals surface area contributed by atoms with Gasteiger partial charge in [0.1, 0.15) is 5.75 Å². The molecule has 0 heterocycles. The SMILES string of the molecule is CCNC(=NCc1cccc(O)c1)NCc1ccc(Cl)cc1. The zero-order valence-corrected chi connectivity index (χ0v) is 13.3. The molecule has 5 heteroatoms. The highest BCUT2D eigenvalue weighted by Gasteiger charge is 1.99. The van der Waals surface area contributed by atoms with Gasteiger partial charge in [-0.2, -0.15) is 0 Å². The third-order valence-electron chi connectivity index (χ3n) is 3.05. The highest BCUT2D eigenvalue weighted by molar-refractivity contribution is 6.30. The van der Waals surface area contributed by atoms with Gasteiger partial charge in [-0.05, 0) is 42.3 Å². The van der Waals surface area contributed by atoms with Gasteiger partial charge < -0.3 is 15.7 Å². The van der Waals surface area contributed by atoms with E-state index < -0.39 is 0 Å². The van der Waals surface area contributed by atoms with E-state index in [4.69, 9.17) is 11.6 Å². The minimum atomic E-state index is 0.256. The molecule has 0 bridgehead atoms. The van der Waals surface area contributed by atoms with Crippen LogP contribution in [0.15, 0.2) is 53.5 Å². The molecule has 2 aromatic rings. The van der Waals surface area contributed by atoms with Gasteiger partial charge in [0.2, 0.25) is 0 Å². The number of halogens is 1. The van der Waals surface area contributed by atoms with Crippen molar-refractivity contribution in [1.29, 1.82) is 0 Å². The molecule has 0 fully saturated rings. The molecule has 0 amide bonds. The number of guanidine groups is 1. The van der Waals surface area contributed by atoms with Crippen LogP contribution in [0.3, 0.4) is 0 Å². The third-order valence-corrected chi connectivity index (χ3v) is 3.30. The summed E-state index contributed by atoms with van der Waals surface area (Å²) in [6.45, 7) is 3.98. The van der Waals surface area contributed by atoms with Crippen LogP contribution in [0.1, 0.15) is 18.1 Å². The fourth-order valence-electron chi connectivity index (χ4n) is 1.95. The Morgan fingerprint density at radius 1 is 1.09 bits per heavy atom. The average Bonchev–Trinajstić information content (AvgIpc) is 2.52. The third kappa shape index (κ3) is 5.30. The number of hydrogen-bond donors (Lipinski definition) is 3. The second-order valence-electron chi connectivity index (χ2n) is 4.85. The molecule has 0 unspecified atom stereocenters. The second kappa shape index (κ2) is 8.29. The number of nitrogens with zero attached hydrogens (tertiary/aromatic N) is 1. The van der Waals surface area contributed by atoms with E-state index in [9.17, 15) is 5.11 Å². The summed E-state index contributed by atoms with van der Waals surface area (Å²) in [7, 11) is 0. The van der Waals surface area contributed by atoms with E-state index in [1.165, 1.54) is 0 Å². The van der Waals surface area contributed by atoms with Crippen molar-refractivity contribution in [2.45, 2.75) is 20.0 Å². The fourth-order valence-corrected chi connectivity index (χ4v) is 2.08. The summed E-state index contributed by atoms with van der Waals surface area (Å²) in [5.74, 6) is 0.993. The number of aliphatic imine (C=N–C) groups is 1. The van der Waals surface area contributed by atoms with Crippen molar-refractivity contribution < 1.29 is 5.11 Å². The Hall–Kier alpha value is -2.20. The van der Waals surface area contributed by atoms with Crippen molar-refractivity contribution in [1.82, 2.24) is 10.6 Å². The smallest absolute Gasteiger partial charge is 0.191 e. The lowest BCUT2D eigenvalue weighted by Crippen LogP contribution is -2.36. The summed E-state index contributed by atoms with van der Waals surface area (Å²) < 4.78 is 0. The zero-order valence-electron chi connectivity index (χ0n) is 12.5. The predicted octanol–water partition coefficient (Wildman–Crippen LogP) is 3.30. The molecule has 2 aromatic carbocycles. The fraction of sp³-hybridized carbons (Fsp3) is 0.235. The number of phenols is 1. The van der Waals surface area contributed by atoms with E-state index in [1.807, 2.05) is 43.3 Å². The highest BCUT2D eigenvalue weighted by Crippen LogP contribution is 2.12. The maximum absolute atomic E-state index is 9.47. The van der Waals surface area contributed by atoms with Crippen LogP contribution in [-0.4, -0.2) is 17.6 Å². The van der Waals surface area contributed by atoms with Crippen LogP contribution in [0.4, 0.5) is 0 Å². The van der Waals surface area contributed by atoms with Crippen LogP contribution in [0.2, 0.25) is 5.02 Å². The van der Waals surface area contributed by atoms with Crippen molar-refractivity contribution in [3.63, 3.8) is 0 Å². The lowest BCUT2D eigenvalue weighted by Gasteiger charge is -2.11. The number of phenolic OH excluding ortho intramolecular Hbond substituents is 1. The van der Waals surface area contributed by atoms with Crippen molar-refractivity contribution in [3.8, 4) is 5.75 Å². The molecule has 3 N–H and O–H groups in total. The number of aromatic hydroxyl groups is 1. The minimum Gasteiger partial charge on any atom is -0.508 e. The number of rotatable bonds is 5. The van der Waals surface area contributed by atoms with Crippen molar-refractivity contribution in [2.24, 2.45) is 4.99 Å². The predicted molar refractivity (Wildman–Crippen MR) is 91.2 cm³/mol. The summed E-state index contributed by atoms with van der Waals surface area (Å²) in [4.78, 5) is 4.51. The first kappa shape index (κ1) is 16.2. The normalized spacial score (nSPS) is 11.3. The quantitative estimate of drug-likeness (QED) is 0.586. The maximum atomic E-state index is 9.47. The lowest BCUT2D eigenvalue weighted by atomic mass is 10.2. The topological polar surface area (TPSA) is 56.7 Å². The van der Waals surface area contributed by atoms with E-state index >= 15 is 0 Å². The molecule has 0 aromatic heterocycles. The molecule has 2 rings (SSSR count). The summed E-state index contributed by atoms with van der Waals surface area (Å²) in [6, 6.07) is 14.8. The van der Waals surface area contributed by atoms with E-state index in [0.29, 0.717) is 13.1 Å². The summed E-state index contributed by atoms with van der Waals surface area (Å²) in [6.07, 6.45) is 0. The Kier molecular flexibility index (Phi) is 6.10. The Morgan fingerprint density at radius 3 is 2.55 bits per heavy atom. The monoisotopic (exact) mass is 317 g/mol. The van der Waals surface area contributed by atoms with Gasteiger partial charge in [0, 0.05) is 18.1 Å². The van der Waals surface area contributed by atoms with Crippen LogP contribution in [0, 0.1) is 0 Å². The molecule has 0 spiro atoms. The molecule has 0 saturated heterocycles. The first-order chi connectivity index (χ1) is 10.7. The summed E-state index contributed by atoms with van der Waals surface area (Å²) >= 11 is 5.88. The van der Waals surface area contributed by atoms with Crippen molar-refractivity contribution >= 4 is 17.6 Å². The first-order valence-corrected chi connectivity index (χ1v) is 7.59. The van der Waals surface area contributed by atoms with E-state index in [2.05, 4.69) is 15.6 Å². The molecule has 22 heavy (non-hydrogen) atoms. The standard InChI is InChI=1S/C17H20ClN3O/c1-2-19-17(20-11-13-6-8-15(18)9-7-13)21-12-14-4-3-5-16(22)10-14/h3-10,22H,2,11-12H2,1H3,(H2,19,20,21). The van der Waals surface area contributed by atoms with Crippen LogP contribution >= 0.6 is 11.6 Å². The van der Waals surface area contributed by atoms with Crippen LogP contribution in [0.5, 0.6) is 5.75 Å². The van der Waals surface area contributed by atoms with Crippen LogP contribution in [0.25, 0.3) is 0 Å². The molecule has 0 radical (unpaired) electrons. The zero-order chi connectivity index (χ0) is 15.8. The number of hydrogen-bond acceptors (Lipinski definition) is 2. The number of benzene rings is 2. The molecular formula is C17H20ClN3O. The molecule has 0 aliphatic heterocycles. The lowest BCUT2D eigenvalue weighted by molar-refractivity contribution is 0.474. The van der Waals surface area contributed by atoms with E-state index in [0.717, 1.165) is 28.7 Å². The second-order valence-corrected chi connectivity index (χ2v) is 5.28. The van der Waals surface area contributed by atoms with Gasteiger partial charge in [-0.3, -0.25) is 0 Å². The van der Waals surface area contributed by atoms with E-state index in [1.54, 1.807) is 12.1 Å². The van der Waals surface area contributed by atoms with Crippen LogP contribution in [-0.2, 0) is 13.1 Å². The highest BCUT2D eigenvalue weighted by atomic mass is 35.5. The molecule has 4 nitrogen and oxygen atoms in total. The summed E-state index contributed by atoms with van der Waals surface area (Å²) in [5.41, 5.74) is 2.09. The summed E-state index contributed by atoms with van der Waals surface area (Å²) in [5, 5.41) is 16.7. The molecule has 0 atom stereocenters. The minimum absolute atomic E-state index is 0.256. The number of nitrogens with one attached hydrogen (secondary N) is 2. The molecule has 0 aliphatic rings. The Balaban J connectivity index is 1.96. The molecule has 0 saturated carbocycles. The van der Waals surface area contributed by atoms with Gasteiger partial charge in [0.15, 0.2) is 5.96 Å². The molecule has 116 valence electrons. The van der Waals surface area contributed by atoms with Gasteiger partial charge >= 0.3 is 0 Å². The van der Waals surface area contributed by atoms with E-state index in [-0.39, 0.29) is 5.75 Å². The molecule has 0 aliphatic carbocycles. The van der Waals surface area contributed by atoms with Crippen molar-refractivity contribution in [2.75, 3.05) is 6.54 Å². The Bertz CT molecular complexity index is 626. The Labute approximate surface area is 135 Å². The first-order valence-electron chi connectivity index (χ1n) is 7.22. The molecular weight excluding hydrogens is 298 g/mol. The van der Waals surface area contributed by atoms with Crippen molar-refractivity contribution in [3.05, 3.63) is 64.7 Å². The van der Waals surface area contributed by atoms with Gasteiger partial charge in [0.25, 0.3) is 0 Å². The van der Waals surface area contributed by atoms with Gasteiger partial charge in [0.05, 0.1) is 6.54 Å². The van der Waals surface area contributed by atoms with Crippen LogP contribution < -0.4 is 10.6 Å². The van der Waals surface area contributed by atoms with Gasteiger partial charge in [-0.1, -0.05) is 35.9 Å². The van der Waals surface area contributed by atoms with Gasteiger partial charge in [-0.25, -0.2) is 4.99 Å². The largest absolute Gasteiger partial charge is 0.508 e.